The zero-order valence-corrected chi connectivity index (χ0v) is 19.9. The molecule has 2 aromatic carbocycles. The van der Waals surface area contributed by atoms with E-state index in [1.807, 2.05) is 0 Å². The van der Waals surface area contributed by atoms with Crippen LogP contribution in [0.15, 0.2) is 30.3 Å². The number of Topliss-reactive ketones (excluding diaryl/α,β-unsaturated/α-hetero) is 1. The molecular weight excluding hydrogens is 380 g/mol. The Hall–Kier alpha value is -1.87. The van der Waals surface area contributed by atoms with Crippen LogP contribution in [-0.2, 0) is 5.41 Å². The van der Waals surface area contributed by atoms with Crippen molar-refractivity contribution in [2.75, 3.05) is 37.6 Å². The van der Waals surface area contributed by atoms with Crippen molar-refractivity contribution in [1.82, 2.24) is 4.90 Å². The van der Waals surface area contributed by atoms with Crippen molar-refractivity contribution >= 4 is 22.2 Å². The number of nitrogens with zero attached hydrogens (tertiary/aromatic N) is 2. The van der Waals surface area contributed by atoms with Crippen molar-refractivity contribution in [1.29, 1.82) is 0 Å². The molecule has 3 heteroatoms. The zero-order valence-electron chi connectivity index (χ0n) is 19.9. The minimum atomic E-state index is -0.307. The van der Waals surface area contributed by atoms with Crippen LogP contribution < -0.4 is 4.90 Å². The molecule has 0 spiro atoms. The van der Waals surface area contributed by atoms with Crippen molar-refractivity contribution < 1.29 is 4.79 Å². The predicted octanol–water partition coefficient (Wildman–Crippen LogP) is 6.58. The predicted molar refractivity (Wildman–Crippen MR) is 133 cm³/mol. The van der Waals surface area contributed by atoms with E-state index >= 15 is 0 Å². The Kier molecular flexibility index (Phi) is 7.01. The molecule has 3 nitrogen and oxygen atoms in total. The molecular formula is C28H40N2O. The van der Waals surface area contributed by atoms with Gasteiger partial charge >= 0.3 is 0 Å². The van der Waals surface area contributed by atoms with E-state index in [2.05, 4.69) is 60.9 Å². The van der Waals surface area contributed by atoms with E-state index < -0.39 is 0 Å². The van der Waals surface area contributed by atoms with E-state index in [1.54, 1.807) is 0 Å². The molecule has 31 heavy (non-hydrogen) atoms. The second-order valence-electron chi connectivity index (χ2n) is 9.66. The van der Waals surface area contributed by atoms with Gasteiger partial charge in [0.1, 0.15) is 0 Å². The Labute approximate surface area is 188 Å². The average Bonchev–Trinajstić information content (AvgIpc) is 2.92. The molecule has 1 heterocycles. The number of carbonyl (C=O) groups is 1. The Morgan fingerprint density at radius 1 is 0.871 bits per heavy atom. The first-order valence-electron chi connectivity index (χ1n) is 12.7. The maximum absolute atomic E-state index is 13.7. The van der Waals surface area contributed by atoms with Crippen LogP contribution in [-0.4, -0.2) is 43.4 Å². The van der Waals surface area contributed by atoms with Gasteiger partial charge in [-0.3, -0.25) is 4.79 Å². The second-order valence-corrected chi connectivity index (χ2v) is 9.66. The van der Waals surface area contributed by atoms with Gasteiger partial charge in [-0.25, -0.2) is 0 Å². The van der Waals surface area contributed by atoms with Gasteiger partial charge in [0.2, 0.25) is 0 Å². The van der Waals surface area contributed by atoms with E-state index in [4.69, 9.17) is 0 Å². The molecule has 168 valence electrons. The summed E-state index contributed by atoms with van der Waals surface area (Å²) in [5.74, 6) is 0.368. The van der Waals surface area contributed by atoms with Crippen LogP contribution in [0.4, 0.5) is 5.69 Å². The zero-order chi connectivity index (χ0) is 21.8. The summed E-state index contributed by atoms with van der Waals surface area (Å²) in [5.41, 5.74) is 3.28. The summed E-state index contributed by atoms with van der Waals surface area (Å²) in [5, 5.41) is 2.54. The largest absolute Gasteiger partial charge is 0.370 e. The summed E-state index contributed by atoms with van der Waals surface area (Å²) < 4.78 is 0. The molecule has 1 fully saturated rings. The quantitative estimate of drug-likeness (QED) is 0.428. The smallest absolute Gasteiger partial charge is 0.174 e. The van der Waals surface area contributed by atoms with Gasteiger partial charge in [-0.2, -0.15) is 0 Å². The van der Waals surface area contributed by atoms with Gasteiger partial charge in [0.15, 0.2) is 5.78 Å². The van der Waals surface area contributed by atoms with Gasteiger partial charge in [-0.05, 0) is 55.8 Å². The van der Waals surface area contributed by atoms with Crippen LogP contribution >= 0.6 is 0 Å². The molecule has 0 radical (unpaired) electrons. The lowest BCUT2D eigenvalue weighted by atomic mass is 9.73. The minimum Gasteiger partial charge on any atom is -0.370 e. The first-order valence-corrected chi connectivity index (χ1v) is 12.7. The first-order chi connectivity index (χ1) is 15.2. The number of hydrogen-bond acceptors (Lipinski definition) is 3. The lowest BCUT2D eigenvalue weighted by Crippen LogP contribution is -2.32. The van der Waals surface area contributed by atoms with Gasteiger partial charge in [0.25, 0.3) is 0 Å². The Bertz CT molecular complexity index is 913. The number of carbonyl (C=O) groups excluding carboxylic acids is 1. The molecule has 1 aliphatic carbocycles. The third-order valence-corrected chi connectivity index (χ3v) is 7.57. The van der Waals surface area contributed by atoms with Crippen LogP contribution in [0.5, 0.6) is 0 Å². The molecule has 1 saturated heterocycles. The Morgan fingerprint density at radius 2 is 1.68 bits per heavy atom. The number of benzene rings is 2. The number of hydrogen-bond donors (Lipinski definition) is 0. The Balaban J connectivity index is 1.67. The molecule has 0 atom stereocenters. The average molecular weight is 421 g/mol. The highest BCUT2D eigenvalue weighted by Crippen LogP contribution is 2.49. The fourth-order valence-corrected chi connectivity index (χ4v) is 6.13. The van der Waals surface area contributed by atoms with E-state index in [1.165, 1.54) is 60.8 Å². The molecule has 2 aliphatic rings. The summed E-state index contributed by atoms with van der Waals surface area (Å²) in [6.45, 7) is 12.5. The molecule has 0 amide bonds. The molecule has 0 aromatic heterocycles. The van der Waals surface area contributed by atoms with Crippen molar-refractivity contribution in [3.63, 3.8) is 0 Å². The monoisotopic (exact) mass is 420 g/mol. The fourth-order valence-electron chi connectivity index (χ4n) is 6.13. The SMILES string of the molecule is CCCCCN1CCCN(c2ccc3c4c(cccc24)C(=O)C3(CCC)CCC)CC1. The van der Waals surface area contributed by atoms with Gasteiger partial charge in [-0.15, -0.1) is 0 Å². The number of rotatable bonds is 9. The van der Waals surface area contributed by atoms with Crippen LogP contribution in [0, 0.1) is 0 Å². The summed E-state index contributed by atoms with van der Waals surface area (Å²) in [7, 11) is 0. The molecule has 0 N–H and O–H groups in total. The summed E-state index contributed by atoms with van der Waals surface area (Å²) in [6.07, 6.45) is 9.15. The van der Waals surface area contributed by atoms with Crippen molar-refractivity contribution in [2.24, 2.45) is 0 Å². The maximum atomic E-state index is 13.7. The van der Waals surface area contributed by atoms with Crippen LogP contribution in [0.1, 0.15) is 88.1 Å². The standard InChI is InChI=1S/C28H40N2O/c1-4-7-8-17-29-18-10-19-30(21-20-29)25-14-13-24-26-22(25)11-9-12-23(26)27(31)28(24,15-5-2)16-6-3/h9,11-14H,4-8,10,15-21H2,1-3H3. The third-order valence-electron chi connectivity index (χ3n) is 7.57. The number of unbranched alkanes of at least 4 members (excludes halogenated alkanes) is 2. The maximum Gasteiger partial charge on any atom is 0.174 e. The van der Waals surface area contributed by atoms with E-state index in [9.17, 15) is 4.79 Å². The third kappa shape index (κ3) is 4.02. The molecule has 0 unspecified atom stereocenters. The highest BCUT2D eigenvalue weighted by molar-refractivity contribution is 6.22. The number of anilines is 1. The van der Waals surface area contributed by atoms with Gasteiger partial charge in [-0.1, -0.05) is 70.7 Å². The highest BCUT2D eigenvalue weighted by atomic mass is 16.1. The summed E-state index contributed by atoms with van der Waals surface area (Å²) >= 11 is 0. The highest BCUT2D eigenvalue weighted by Gasteiger charge is 2.46. The van der Waals surface area contributed by atoms with Gasteiger partial charge < -0.3 is 9.80 Å². The van der Waals surface area contributed by atoms with E-state index in [0.29, 0.717) is 5.78 Å². The van der Waals surface area contributed by atoms with Gasteiger partial charge in [0, 0.05) is 36.3 Å². The van der Waals surface area contributed by atoms with Crippen LogP contribution in [0.2, 0.25) is 0 Å². The first kappa shape index (κ1) is 22.3. The van der Waals surface area contributed by atoms with Crippen molar-refractivity contribution in [3.05, 3.63) is 41.5 Å². The second kappa shape index (κ2) is 9.73. The lowest BCUT2D eigenvalue weighted by molar-refractivity contribution is 0.0874. The van der Waals surface area contributed by atoms with E-state index in [0.717, 1.165) is 50.9 Å². The fraction of sp³-hybridized carbons (Fsp3) is 0.607. The number of ketones is 1. The Morgan fingerprint density at radius 3 is 2.42 bits per heavy atom. The molecule has 2 aromatic rings. The van der Waals surface area contributed by atoms with Crippen LogP contribution in [0.3, 0.4) is 0 Å². The van der Waals surface area contributed by atoms with Crippen molar-refractivity contribution in [3.8, 4) is 0 Å². The molecule has 0 bridgehead atoms. The van der Waals surface area contributed by atoms with Crippen molar-refractivity contribution in [2.45, 2.75) is 77.6 Å². The lowest BCUT2D eigenvalue weighted by Gasteiger charge is -2.30. The summed E-state index contributed by atoms with van der Waals surface area (Å²) in [6, 6.07) is 11.1. The normalized spacial score (nSPS) is 18.7. The topological polar surface area (TPSA) is 23.6 Å². The van der Waals surface area contributed by atoms with Crippen LogP contribution in [0.25, 0.3) is 10.8 Å². The molecule has 0 saturated carbocycles. The summed E-state index contributed by atoms with van der Waals surface area (Å²) in [4.78, 5) is 18.9. The van der Waals surface area contributed by atoms with Gasteiger partial charge in [0.05, 0.1) is 5.41 Å². The molecule has 1 aliphatic heterocycles. The minimum absolute atomic E-state index is 0.307. The van der Waals surface area contributed by atoms with E-state index in [-0.39, 0.29) is 5.41 Å². The molecule has 4 rings (SSSR count).